The molecule has 5 heteroatoms. The predicted octanol–water partition coefficient (Wildman–Crippen LogP) is 3.10. The number of halogens is 4. The third kappa shape index (κ3) is 2.47. The molecule has 0 amide bonds. The van der Waals surface area contributed by atoms with Gasteiger partial charge in [-0.2, -0.15) is 0 Å². The summed E-state index contributed by atoms with van der Waals surface area (Å²) in [5.41, 5.74) is 3.53. The van der Waals surface area contributed by atoms with Crippen molar-refractivity contribution in [2.24, 2.45) is 5.73 Å². The van der Waals surface area contributed by atoms with E-state index in [-0.39, 0.29) is 5.56 Å². The molecule has 0 saturated heterocycles. The Morgan fingerprint density at radius 3 is 2.13 bits per heavy atom. The van der Waals surface area contributed by atoms with Crippen molar-refractivity contribution >= 4 is 0 Å². The van der Waals surface area contributed by atoms with E-state index in [1.807, 2.05) is 0 Å². The molecule has 1 nitrogen and oxygen atoms in total. The largest absolute Gasteiger partial charge is 0.322 e. The summed E-state index contributed by atoms with van der Waals surface area (Å²) < 4.78 is 50.8. The van der Waals surface area contributed by atoms with Crippen LogP contribution in [0.3, 0.4) is 0 Å². The summed E-state index contributed by atoms with van der Waals surface area (Å²) in [7, 11) is 0. The van der Waals surface area contributed by atoms with Crippen LogP contribution in [-0.4, -0.2) is 0 Å². The molecule has 0 radical (unpaired) electrons. The molecule has 0 aliphatic carbocycles. The Morgan fingerprint density at radius 1 is 1.20 bits per heavy atom. The molecule has 0 fully saturated rings. The average molecular weight is 221 g/mol. The van der Waals surface area contributed by atoms with Crippen molar-refractivity contribution in [3.63, 3.8) is 0 Å². The molecular formula is C10H11F4N. The van der Waals surface area contributed by atoms with Gasteiger partial charge in [-0.15, -0.1) is 0 Å². The number of nitrogens with two attached hydrogens (primary N) is 1. The van der Waals surface area contributed by atoms with Gasteiger partial charge in [0.2, 0.25) is 0 Å². The molecule has 0 aliphatic heterocycles. The third-order valence-corrected chi connectivity index (χ3v) is 2.00. The van der Waals surface area contributed by atoms with Gasteiger partial charge >= 0.3 is 0 Å². The van der Waals surface area contributed by atoms with Crippen molar-refractivity contribution in [1.29, 1.82) is 0 Å². The molecular weight excluding hydrogens is 210 g/mol. The molecule has 2 N–H and O–H groups in total. The second kappa shape index (κ2) is 3.81. The minimum Gasteiger partial charge on any atom is -0.322 e. The molecule has 0 unspecified atom stereocenters. The van der Waals surface area contributed by atoms with E-state index in [9.17, 15) is 17.6 Å². The summed E-state index contributed by atoms with van der Waals surface area (Å²) in [6, 6.07) is 1.37. The van der Waals surface area contributed by atoms with Gasteiger partial charge in [0.25, 0.3) is 6.43 Å². The lowest BCUT2D eigenvalue weighted by atomic mass is 9.93. The smallest absolute Gasteiger partial charge is 0.263 e. The summed E-state index contributed by atoms with van der Waals surface area (Å²) in [4.78, 5) is 0. The van der Waals surface area contributed by atoms with E-state index in [1.54, 1.807) is 0 Å². The molecule has 0 atom stereocenters. The lowest BCUT2D eigenvalue weighted by Crippen LogP contribution is -2.30. The fourth-order valence-electron chi connectivity index (χ4n) is 1.20. The second-order valence-electron chi connectivity index (χ2n) is 3.89. The maximum absolute atomic E-state index is 13.2. The van der Waals surface area contributed by atoms with E-state index in [2.05, 4.69) is 0 Å². The van der Waals surface area contributed by atoms with Crippen molar-refractivity contribution in [3.8, 4) is 0 Å². The first-order valence-corrected chi connectivity index (χ1v) is 4.30. The van der Waals surface area contributed by atoms with E-state index in [4.69, 9.17) is 5.73 Å². The first-order chi connectivity index (χ1) is 6.73. The Kier molecular flexibility index (Phi) is 3.04. The molecule has 1 aromatic rings. The number of hydrogen-bond acceptors (Lipinski definition) is 1. The highest BCUT2D eigenvalue weighted by Crippen LogP contribution is 2.28. The summed E-state index contributed by atoms with van der Waals surface area (Å²) in [6.07, 6.45) is -2.85. The first kappa shape index (κ1) is 12.0. The van der Waals surface area contributed by atoms with E-state index in [0.29, 0.717) is 6.07 Å². The normalized spacial score (nSPS) is 12.3. The van der Waals surface area contributed by atoms with Gasteiger partial charge in [-0.3, -0.25) is 0 Å². The molecule has 0 aromatic heterocycles. The van der Waals surface area contributed by atoms with Crippen molar-refractivity contribution < 1.29 is 17.6 Å². The van der Waals surface area contributed by atoms with Crippen LogP contribution in [-0.2, 0) is 5.54 Å². The van der Waals surface area contributed by atoms with Gasteiger partial charge in [0.05, 0.1) is 0 Å². The fourth-order valence-corrected chi connectivity index (χ4v) is 1.20. The molecule has 15 heavy (non-hydrogen) atoms. The Balaban J connectivity index is 3.38. The fraction of sp³-hybridized carbons (Fsp3) is 0.400. The van der Waals surface area contributed by atoms with Crippen LogP contribution < -0.4 is 5.73 Å². The van der Waals surface area contributed by atoms with Gasteiger partial charge in [0.15, 0.2) is 11.6 Å². The average Bonchev–Trinajstić information content (AvgIpc) is 2.06. The summed E-state index contributed by atoms with van der Waals surface area (Å²) in [6.45, 7) is 2.83. The van der Waals surface area contributed by atoms with E-state index < -0.39 is 29.2 Å². The van der Waals surface area contributed by atoms with Gasteiger partial charge in [-0.25, -0.2) is 17.6 Å². The van der Waals surface area contributed by atoms with Crippen molar-refractivity contribution in [2.75, 3.05) is 0 Å². The molecule has 0 aliphatic rings. The van der Waals surface area contributed by atoms with Gasteiger partial charge in [-0.05, 0) is 26.0 Å². The summed E-state index contributed by atoms with van der Waals surface area (Å²) >= 11 is 0. The Morgan fingerprint density at radius 2 is 1.73 bits per heavy atom. The number of rotatable bonds is 2. The third-order valence-electron chi connectivity index (χ3n) is 2.00. The summed E-state index contributed by atoms with van der Waals surface area (Å²) in [5.74, 6) is -2.48. The van der Waals surface area contributed by atoms with E-state index >= 15 is 0 Å². The minimum absolute atomic E-state index is 0.252. The zero-order chi connectivity index (χ0) is 11.8. The van der Waals surface area contributed by atoms with Crippen molar-refractivity contribution in [2.45, 2.75) is 25.8 Å². The van der Waals surface area contributed by atoms with E-state index in [1.165, 1.54) is 13.8 Å². The zero-order valence-corrected chi connectivity index (χ0v) is 8.32. The Hall–Kier alpha value is -1.10. The highest BCUT2D eigenvalue weighted by atomic mass is 19.3. The summed E-state index contributed by atoms with van der Waals surface area (Å²) in [5, 5.41) is 0. The number of alkyl halides is 2. The minimum atomic E-state index is -2.85. The van der Waals surface area contributed by atoms with Crippen LogP contribution in [0.25, 0.3) is 0 Å². The van der Waals surface area contributed by atoms with Crippen LogP contribution in [0, 0.1) is 11.6 Å². The predicted molar refractivity (Wildman–Crippen MR) is 48.5 cm³/mol. The highest BCUT2D eigenvalue weighted by Gasteiger charge is 2.24. The molecule has 0 saturated carbocycles. The van der Waals surface area contributed by atoms with Crippen LogP contribution in [0.2, 0.25) is 0 Å². The molecule has 1 rings (SSSR count). The van der Waals surface area contributed by atoms with Crippen molar-refractivity contribution in [1.82, 2.24) is 0 Å². The maximum atomic E-state index is 13.2. The lowest BCUT2D eigenvalue weighted by Gasteiger charge is -2.21. The molecule has 0 spiro atoms. The molecule has 0 heterocycles. The molecule has 0 bridgehead atoms. The molecule has 84 valence electrons. The first-order valence-electron chi connectivity index (χ1n) is 4.30. The SMILES string of the molecule is CC(C)(N)c1cc(C(F)F)cc(F)c1F. The monoisotopic (exact) mass is 221 g/mol. The van der Waals surface area contributed by atoms with E-state index in [0.717, 1.165) is 6.07 Å². The maximum Gasteiger partial charge on any atom is 0.263 e. The topological polar surface area (TPSA) is 26.0 Å². The van der Waals surface area contributed by atoms with Gasteiger partial charge in [0, 0.05) is 16.7 Å². The lowest BCUT2D eigenvalue weighted by molar-refractivity contribution is 0.150. The van der Waals surface area contributed by atoms with Gasteiger partial charge in [0.1, 0.15) is 0 Å². The van der Waals surface area contributed by atoms with Crippen LogP contribution in [0.4, 0.5) is 17.6 Å². The van der Waals surface area contributed by atoms with Crippen LogP contribution in [0.5, 0.6) is 0 Å². The van der Waals surface area contributed by atoms with Gasteiger partial charge in [-0.1, -0.05) is 0 Å². The standard InChI is InChI=1S/C10H11F4N/c1-10(2,15)6-3-5(9(13)14)4-7(11)8(6)12/h3-4,9H,15H2,1-2H3. The van der Waals surface area contributed by atoms with Crippen LogP contribution in [0.15, 0.2) is 12.1 Å². The number of hydrogen-bond donors (Lipinski definition) is 1. The van der Waals surface area contributed by atoms with Crippen LogP contribution in [0.1, 0.15) is 31.4 Å². The Bertz CT molecular complexity index is 368. The highest BCUT2D eigenvalue weighted by molar-refractivity contribution is 5.31. The van der Waals surface area contributed by atoms with Crippen molar-refractivity contribution in [3.05, 3.63) is 34.9 Å². The quantitative estimate of drug-likeness (QED) is 0.763. The zero-order valence-electron chi connectivity index (χ0n) is 8.32. The van der Waals surface area contributed by atoms with Crippen LogP contribution >= 0.6 is 0 Å². The second-order valence-corrected chi connectivity index (χ2v) is 3.89. The number of benzene rings is 1. The van der Waals surface area contributed by atoms with Gasteiger partial charge < -0.3 is 5.73 Å². The Labute approximate surface area is 84.9 Å². The molecule has 1 aromatic carbocycles.